The van der Waals surface area contributed by atoms with Crippen LogP contribution < -0.4 is 0 Å². The van der Waals surface area contributed by atoms with Crippen LogP contribution in [0.15, 0.2) is 0 Å². The van der Waals surface area contributed by atoms with Gasteiger partial charge in [-0.3, -0.25) is 0 Å². The van der Waals surface area contributed by atoms with E-state index in [-0.39, 0.29) is 5.41 Å². The van der Waals surface area contributed by atoms with Gasteiger partial charge in [0, 0.05) is 13.0 Å². The molecule has 1 nitrogen and oxygen atoms in total. The molecular weight excluding hydrogens is 172 g/mol. The first kappa shape index (κ1) is 12.2. The number of halogens is 1. The zero-order valence-electron chi connectivity index (χ0n) is 8.86. The second kappa shape index (κ2) is 5.08. The van der Waals surface area contributed by atoms with Crippen molar-refractivity contribution in [1.29, 1.82) is 0 Å². The highest BCUT2D eigenvalue weighted by molar-refractivity contribution is 6.18. The Hall–Kier alpha value is 0.250. The fourth-order valence-corrected chi connectivity index (χ4v) is 1.60. The quantitative estimate of drug-likeness (QED) is 0.608. The zero-order valence-corrected chi connectivity index (χ0v) is 9.61. The molecule has 0 bridgehead atoms. The molecule has 0 saturated carbocycles. The molecule has 0 aliphatic rings. The molecule has 0 fully saturated rings. The van der Waals surface area contributed by atoms with Crippen LogP contribution in [0.5, 0.6) is 0 Å². The van der Waals surface area contributed by atoms with Gasteiger partial charge in [-0.25, -0.2) is 0 Å². The van der Waals surface area contributed by atoms with Crippen LogP contribution in [0.25, 0.3) is 0 Å². The standard InChI is InChI=1S/C10H21ClO/c1-8(2)10(4,7-11)6-9(3)12-5/h8-9H,6-7H2,1-5H3. The Morgan fingerprint density at radius 3 is 2.08 bits per heavy atom. The summed E-state index contributed by atoms with van der Waals surface area (Å²) in [5, 5.41) is 0. The highest BCUT2D eigenvalue weighted by Crippen LogP contribution is 2.34. The Balaban J connectivity index is 4.14. The molecule has 12 heavy (non-hydrogen) atoms. The topological polar surface area (TPSA) is 9.23 Å². The molecule has 0 aromatic heterocycles. The molecule has 0 heterocycles. The van der Waals surface area contributed by atoms with Crippen LogP contribution in [0, 0.1) is 11.3 Å². The van der Waals surface area contributed by atoms with Gasteiger partial charge in [0.15, 0.2) is 0 Å². The zero-order chi connectivity index (χ0) is 9.78. The summed E-state index contributed by atoms with van der Waals surface area (Å²) >= 11 is 5.95. The molecule has 0 amide bonds. The molecule has 0 aliphatic heterocycles. The third-order valence-corrected chi connectivity index (χ3v) is 3.47. The van der Waals surface area contributed by atoms with Crippen LogP contribution in [0.3, 0.4) is 0 Å². The maximum Gasteiger partial charge on any atom is 0.0548 e. The van der Waals surface area contributed by atoms with Gasteiger partial charge in [-0.1, -0.05) is 20.8 Å². The van der Waals surface area contributed by atoms with Crippen LogP contribution >= 0.6 is 11.6 Å². The summed E-state index contributed by atoms with van der Waals surface area (Å²) < 4.78 is 5.24. The third kappa shape index (κ3) is 3.32. The van der Waals surface area contributed by atoms with Crippen LogP contribution in [0.4, 0.5) is 0 Å². The summed E-state index contributed by atoms with van der Waals surface area (Å²) in [7, 11) is 1.75. The molecule has 0 aliphatic carbocycles. The largest absolute Gasteiger partial charge is 0.382 e. The molecule has 0 spiro atoms. The smallest absolute Gasteiger partial charge is 0.0548 e. The highest BCUT2D eigenvalue weighted by Gasteiger charge is 2.29. The summed E-state index contributed by atoms with van der Waals surface area (Å²) in [5.41, 5.74) is 0.205. The first-order chi connectivity index (χ1) is 5.46. The van der Waals surface area contributed by atoms with Crippen LogP contribution in [-0.4, -0.2) is 19.1 Å². The summed E-state index contributed by atoms with van der Waals surface area (Å²) in [4.78, 5) is 0. The van der Waals surface area contributed by atoms with E-state index < -0.39 is 0 Å². The average molecular weight is 193 g/mol. The van der Waals surface area contributed by atoms with Crippen molar-refractivity contribution in [1.82, 2.24) is 0 Å². The number of hydrogen-bond acceptors (Lipinski definition) is 1. The van der Waals surface area contributed by atoms with Crippen LogP contribution in [-0.2, 0) is 4.74 Å². The number of alkyl halides is 1. The van der Waals surface area contributed by atoms with Gasteiger partial charge in [0.2, 0.25) is 0 Å². The van der Waals surface area contributed by atoms with Crippen LogP contribution in [0.2, 0.25) is 0 Å². The lowest BCUT2D eigenvalue weighted by atomic mass is 9.77. The van der Waals surface area contributed by atoms with Crippen molar-refractivity contribution in [2.24, 2.45) is 11.3 Å². The Kier molecular flexibility index (Phi) is 5.19. The summed E-state index contributed by atoms with van der Waals surface area (Å²) in [6, 6.07) is 0. The molecule has 0 aromatic rings. The molecule has 2 unspecified atom stereocenters. The van der Waals surface area contributed by atoms with Crippen molar-refractivity contribution in [3.8, 4) is 0 Å². The lowest BCUT2D eigenvalue weighted by Gasteiger charge is -2.33. The van der Waals surface area contributed by atoms with Gasteiger partial charge >= 0.3 is 0 Å². The minimum Gasteiger partial charge on any atom is -0.382 e. The fourth-order valence-electron chi connectivity index (χ4n) is 1.18. The van der Waals surface area contributed by atoms with Gasteiger partial charge in [0.05, 0.1) is 6.10 Å². The lowest BCUT2D eigenvalue weighted by molar-refractivity contribution is 0.0605. The molecule has 2 atom stereocenters. The Morgan fingerprint density at radius 1 is 1.33 bits per heavy atom. The SMILES string of the molecule is COC(C)CC(C)(CCl)C(C)C. The van der Waals surface area contributed by atoms with E-state index in [1.165, 1.54) is 0 Å². The van der Waals surface area contributed by atoms with Gasteiger partial charge in [0.1, 0.15) is 0 Å². The molecule has 0 rings (SSSR count). The number of ether oxygens (including phenoxy) is 1. The highest BCUT2D eigenvalue weighted by atomic mass is 35.5. The minimum atomic E-state index is 0.205. The van der Waals surface area contributed by atoms with Crippen molar-refractivity contribution in [2.45, 2.75) is 40.2 Å². The summed E-state index contributed by atoms with van der Waals surface area (Å²) in [6.45, 7) is 8.74. The molecule has 2 heteroatoms. The van der Waals surface area contributed by atoms with Crippen molar-refractivity contribution < 1.29 is 4.74 Å². The minimum absolute atomic E-state index is 0.205. The van der Waals surface area contributed by atoms with E-state index in [0.29, 0.717) is 17.9 Å². The third-order valence-electron chi connectivity index (χ3n) is 2.86. The summed E-state index contributed by atoms with van der Waals surface area (Å²) in [6.07, 6.45) is 1.33. The van der Waals surface area contributed by atoms with Gasteiger partial charge in [0.25, 0.3) is 0 Å². The number of hydrogen-bond donors (Lipinski definition) is 0. The van der Waals surface area contributed by atoms with Crippen molar-refractivity contribution in [2.75, 3.05) is 13.0 Å². The average Bonchev–Trinajstić information content (AvgIpc) is 2.03. The van der Waals surface area contributed by atoms with Crippen molar-refractivity contribution in [3.05, 3.63) is 0 Å². The van der Waals surface area contributed by atoms with E-state index in [1.807, 2.05) is 0 Å². The second-order valence-electron chi connectivity index (χ2n) is 4.19. The number of methoxy groups -OCH3 is 1. The monoisotopic (exact) mass is 192 g/mol. The molecule has 0 saturated heterocycles. The predicted octanol–water partition coefficient (Wildman–Crippen LogP) is 3.31. The second-order valence-corrected chi connectivity index (χ2v) is 4.46. The Bertz CT molecular complexity index is 125. The lowest BCUT2D eigenvalue weighted by Crippen LogP contribution is -2.30. The predicted molar refractivity (Wildman–Crippen MR) is 54.8 cm³/mol. The first-order valence-electron chi connectivity index (χ1n) is 4.55. The van der Waals surface area contributed by atoms with Crippen molar-refractivity contribution in [3.63, 3.8) is 0 Å². The fraction of sp³-hybridized carbons (Fsp3) is 1.00. The van der Waals surface area contributed by atoms with Gasteiger partial charge in [-0.05, 0) is 24.7 Å². The maximum atomic E-state index is 5.95. The van der Waals surface area contributed by atoms with Gasteiger partial charge in [-0.15, -0.1) is 11.6 Å². The summed E-state index contributed by atoms with van der Waals surface area (Å²) in [5.74, 6) is 1.31. The Labute approximate surface area is 81.4 Å². The maximum absolute atomic E-state index is 5.95. The molecule has 74 valence electrons. The van der Waals surface area contributed by atoms with E-state index in [9.17, 15) is 0 Å². The van der Waals surface area contributed by atoms with Crippen LogP contribution in [0.1, 0.15) is 34.1 Å². The van der Waals surface area contributed by atoms with Gasteiger partial charge in [-0.2, -0.15) is 0 Å². The van der Waals surface area contributed by atoms with E-state index in [4.69, 9.17) is 16.3 Å². The van der Waals surface area contributed by atoms with E-state index >= 15 is 0 Å². The normalized spacial score (nSPS) is 19.2. The van der Waals surface area contributed by atoms with Gasteiger partial charge < -0.3 is 4.74 Å². The number of rotatable bonds is 5. The van der Waals surface area contributed by atoms with E-state index in [0.717, 1.165) is 6.42 Å². The van der Waals surface area contributed by atoms with E-state index in [2.05, 4.69) is 27.7 Å². The van der Waals surface area contributed by atoms with E-state index in [1.54, 1.807) is 7.11 Å². The molecule has 0 aromatic carbocycles. The molecule has 0 radical (unpaired) electrons. The Morgan fingerprint density at radius 2 is 1.83 bits per heavy atom. The molecular formula is C10H21ClO. The van der Waals surface area contributed by atoms with Crippen molar-refractivity contribution >= 4 is 11.6 Å². The first-order valence-corrected chi connectivity index (χ1v) is 5.08. The molecule has 0 N–H and O–H groups in total.